The Hall–Kier alpha value is -3.14. The van der Waals surface area contributed by atoms with E-state index in [1.807, 2.05) is 62.4 Å². The summed E-state index contributed by atoms with van der Waals surface area (Å²) in [7, 11) is 0. The topological polar surface area (TPSA) is 62.0 Å². The van der Waals surface area contributed by atoms with Crippen LogP contribution in [-0.4, -0.2) is 16.7 Å². The molecule has 1 amide bonds. The lowest BCUT2D eigenvalue weighted by Gasteiger charge is -2.19. The van der Waals surface area contributed by atoms with Gasteiger partial charge in [0.15, 0.2) is 5.78 Å². The summed E-state index contributed by atoms with van der Waals surface area (Å²) in [5.41, 5.74) is 4.66. The molecule has 0 spiro atoms. The van der Waals surface area contributed by atoms with Gasteiger partial charge in [-0.05, 0) is 43.9 Å². The number of nitrogens with one attached hydrogen (secondary N) is 2. The van der Waals surface area contributed by atoms with Gasteiger partial charge in [-0.2, -0.15) is 0 Å². The van der Waals surface area contributed by atoms with Gasteiger partial charge in [0, 0.05) is 11.3 Å². The number of aromatic nitrogens is 1. The summed E-state index contributed by atoms with van der Waals surface area (Å²) < 4.78 is 0. The summed E-state index contributed by atoms with van der Waals surface area (Å²) >= 11 is 0. The number of H-pyrrole nitrogens is 1. The number of aromatic amines is 1. The number of ketones is 1. The summed E-state index contributed by atoms with van der Waals surface area (Å²) in [4.78, 5) is 27.9. The van der Waals surface area contributed by atoms with Gasteiger partial charge in [0.2, 0.25) is 0 Å². The zero-order chi connectivity index (χ0) is 19.4. The first kappa shape index (κ1) is 18.6. The molecule has 27 heavy (non-hydrogen) atoms. The fraction of sp³-hybridized carbons (Fsp3) is 0.217. The molecule has 4 heteroatoms. The van der Waals surface area contributed by atoms with Crippen LogP contribution in [0, 0.1) is 13.8 Å². The van der Waals surface area contributed by atoms with Crippen molar-refractivity contribution in [2.24, 2.45) is 0 Å². The Morgan fingerprint density at radius 2 is 1.56 bits per heavy atom. The molecule has 0 aliphatic heterocycles. The summed E-state index contributed by atoms with van der Waals surface area (Å²) in [5.74, 6) is -0.239. The highest BCUT2D eigenvalue weighted by Gasteiger charge is 2.22. The molecule has 0 saturated carbocycles. The Morgan fingerprint density at radius 3 is 2.11 bits per heavy atom. The molecule has 0 radical (unpaired) electrons. The molecule has 1 heterocycles. The Balaban J connectivity index is 1.89. The van der Waals surface area contributed by atoms with Crippen molar-refractivity contribution in [3.8, 4) is 0 Å². The lowest BCUT2D eigenvalue weighted by Crippen LogP contribution is -2.30. The first-order valence-electron chi connectivity index (χ1n) is 9.07. The SMILES string of the molecule is CC(=O)c1c(C)[nH]c(C(=O)N[C@@H](Cc2ccccc2)c2ccccc2)c1C. The number of carbonyl (C=O) groups is 2. The lowest BCUT2D eigenvalue weighted by atomic mass is 9.98. The molecule has 0 unspecified atom stereocenters. The fourth-order valence-electron chi connectivity index (χ4n) is 3.52. The summed E-state index contributed by atoms with van der Waals surface area (Å²) in [6, 6.07) is 19.9. The smallest absolute Gasteiger partial charge is 0.268 e. The molecule has 1 aromatic heterocycles. The molecule has 2 N–H and O–H groups in total. The quantitative estimate of drug-likeness (QED) is 0.634. The molecular weight excluding hydrogens is 336 g/mol. The number of aryl methyl sites for hydroxylation is 1. The minimum absolute atomic E-state index is 0.0378. The van der Waals surface area contributed by atoms with Gasteiger partial charge in [0.1, 0.15) is 5.69 Å². The zero-order valence-corrected chi connectivity index (χ0v) is 15.9. The van der Waals surface area contributed by atoms with Gasteiger partial charge in [-0.3, -0.25) is 9.59 Å². The predicted molar refractivity (Wildman–Crippen MR) is 107 cm³/mol. The molecule has 0 aliphatic rings. The molecule has 138 valence electrons. The number of carbonyl (C=O) groups excluding carboxylic acids is 2. The maximum Gasteiger partial charge on any atom is 0.268 e. The molecule has 2 aromatic carbocycles. The zero-order valence-electron chi connectivity index (χ0n) is 15.9. The fourth-order valence-corrected chi connectivity index (χ4v) is 3.52. The average molecular weight is 360 g/mol. The molecule has 0 aliphatic carbocycles. The van der Waals surface area contributed by atoms with Gasteiger partial charge < -0.3 is 10.3 Å². The average Bonchev–Trinajstić information content (AvgIpc) is 2.97. The summed E-state index contributed by atoms with van der Waals surface area (Å²) in [5, 5.41) is 3.14. The van der Waals surface area contributed by atoms with E-state index in [1.165, 1.54) is 6.92 Å². The molecule has 0 fully saturated rings. The van der Waals surface area contributed by atoms with Gasteiger partial charge in [0.05, 0.1) is 6.04 Å². The van der Waals surface area contributed by atoms with E-state index >= 15 is 0 Å². The third-order valence-corrected chi connectivity index (χ3v) is 4.81. The van der Waals surface area contributed by atoms with Crippen LogP contribution in [0.1, 0.15) is 56.2 Å². The minimum atomic E-state index is -0.201. The van der Waals surface area contributed by atoms with E-state index in [-0.39, 0.29) is 17.7 Å². The number of hydrogen-bond donors (Lipinski definition) is 2. The van der Waals surface area contributed by atoms with Crippen LogP contribution in [0.2, 0.25) is 0 Å². The molecule has 3 rings (SSSR count). The summed E-state index contributed by atoms with van der Waals surface area (Å²) in [6.07, 6.45) is 0.689. The highest BCUT2D eigenvalue weighted by molar-refractivity contribution is 6.02. The Bertz CT molecular complexity index is 943. The second kappa shape index (κ2) is 8.04. The van der Waals surface area contributed by atoms with Crippen LogP contribution in [0.3, 0.4) is 0 Å². The third kappa shape index (κ3) is 4.17. The Kier molecular flexibility index (Phi) is 5.55. The van der Waals surface area contributed by atoms with Crippen LogP contribution < -0.4 is 5.32 Å². The number of amides is 1. The van der Waals surface area contributed by atoms with Gasteiger partial charge >= 0.3 is 0 Å². The number of rotatable bonds is 6. The first-order valence-corrected chi connectivity index (χ1v) is 9.07. The van der Waals surface area contributed by atoms with Crippen LogP contribution in [-0.2, 0) is 6.42 Å². The van der Waals surface area contributed by atoms with Crippen molar-refractivity contribution in [3.05, 3.63) is 94.3 Å². The van der Waals surface area contributed by atoms with Crippen molar-refractivity contribution in [3.63, 3.8) is 0 Å². The highest BCUT2D eigenvalue weighted by Crippen LogP contribution is 2.22. The number of benzene rings is 2. The number of hydrogen-bond acceptors (Lipinski definition) is 2. The molecule has 3 aromatic rings. The van der Waals surface area contributed by atoms with E-state index in [2.05, 4.69) is 22.4 Å². The third-order valence-electron chi connectivity index (χ3n) is 4.81. The van der Waals surface area contributed by atoms with Crippen LogP contribution in [0.25, 0.3) is 0 Å². The molecule has 1 atom stereocenters. The van der Waals surface area contributed by atoms with Gasteiger partial charge in [-0.1, -0.05) is 60.7 Å². The van der Waals surface area contributed by atoms with Gasteiger partial charge in [-0.25, -0.2) is 0 Å². The van der Waals surface area contributed by atoms with E-state index in [0.717, 1.165) is 16.8 Å². The minimum Gasteiger partial charge on any atom is -0.354 e. The normalized spacial score (nSPS) is 11.8. The molecular formula is C23H24N2O2. The molecule has 4 nitrogen and oxygen atoms in total. The van der Waals surface area contributed by atoms with Gasteiger partial charge in [0.25, 0.3) is 5.91 Å². The molecule has 0 bridgehead atoms. The van der Waals surface area contributed by atoms with Crippen LogP contribution in [0.5, 0.6) is 0 Å². The maximum absolute atomic E-state index is 13.0. The first-order chi connectivity index (χ1) is 13.0. The lowest BCUT2D eigenvalue weighted by molar-refractivity contribution is 0.0931. The van der Waals surface area contributed by atoms with Crippen molar-refractivity contribution < 1.29 is 9.59 Å². The Morgan fingerprint density at radius 1 is 0.963 bits per heavy atom. The van der Waals surface area contributed by atoms with E-state index in [0.29, 0.717) is 23.2 Å². The van der Waals surface area contributed by atoms with Crippen LogP contribution in [0.4, 0.5) is 0 Å². The van der Waals surface area contributed by atoms with Crippen molar-refractivity contribution >= 4 is 11.7 Å². The van der Waals surface area contributed by atoms with Crippen molar-refractivity contribution in [2.75, 3.05) is 0 Å². The van der Waals surface area contributed by atoms with Crippen LogP contribution in [0.15, 0.2) is 60.7 Å². The second-order valence-corrected chi connectivity index (χ2v) is 6.81. The van der Waals surface area contributed by atoms with E-state index in [4.69, 9.17) is 0 Å². The van der Waals surface area contributed by atoms with Crippen molar-refractivity contribution in [1.29, 1.82) is 0 Å². The van der Waals surface area contributed by atoms with Crippen molar-refractivity contribution in [2.45, 2.75) is 33.2 Å². The monoisotopic (exact) mass is 360 g/mol. The number of Topliss-reactive ketones (excluding diaryl/α,β-unsaturated/α-hetero) is 1. The molecule has 0 saturated heterocycles. The maximum atomic E-state index is 13.0. The van der Waals surface area contributed by atoms with Crippen LogP contribution >= 0.6 is 0 Å². The Labute approximate surface area is 159 Å². The van der Waals surface area contributed by atoms with Gasteiger partial charge in [-0.15, -0.1) is 0 Å². The highest BCUT2D eigenvalue weighted by atomic mass is 16.2. The van der Waals surface area contributed by atoms with E-state index in [1.54, 1.807) is 0 Å². The van der Waals surface area contributed by atoms with Crippen molar-refractivity contribution in [1.82, 2.24) is 10.3 Å². The standard InChI is InChI=1S/C23H24N2O2/c1-15-21(17(3)26)16(2)24-22(15)23(27)25-20(19-12-8-5-9-13-19)14-18-10-6-4-7-11-18/h4-13,20,24H,14H2,1-3H3,(H,25,27)/t20-/m0/s1. The van der Waals surface area contributed by atoms with E-state index in [9.17, 15) is 9.59 Å². The summed E-state index contributed by atoms with van der Waals surface area (Å²) in [6.45, 7) is 5.15. The largest absolute Gasteiger partial charge is 0.354 e. The second-order valence-electron chi connectivity index (χ2n) is 6.81. The predicted octanol–water partition coefficient (Wildman–Crippen LogP) is 4.55. The van der Waals surface area contributed by atoms with E-state index < -0.39 is 0 Å².